The molecule has 0 spiro atoms. The van der Waals surface area contributed by atoms with Gasteiger partial charge in [-0.05, 0) is 53.8 Å². The Hall–Kier alpha value is -3.86. The Bertz CT molecular complexity index is 1310. The molecule has 3 aromatic rings. The summed E-state index contributed by atoms with van der Waals surface area (Å²) in [6.45, 7) is 4.25. The summed E-state index contributed by atoms with van der Waals surface area (Å²) in [4.78, 5) is 31.8. The van der Waals surface area contributed by atoms with Gasteiger partial charge in [-0.25, -0.2) is 0 Å². The predicted octanol–water partition coefficient (Wildman–Crippen LogP) is 6.21. The van der Waals surface area contributed by atoms with Crippen LogP contribution in [0.15, 0.2) is 90.1 Å². The lowest BCUT2D eigenvalue weighted by atomic mass is 9.73. The van der Waals surface area contributed by atoms with Crippen LogP contribution >= 0.6 is 0 Å². The Morgan fingerprint density at radius 1 is 0.914 bits per heavy atom. The zero-order valence-electron chi connectivity index (χ0n) is 20.7. The molecule has 1 atom stereocenters. The number of hydrogen-bond acceptors (Lipinski definition) is 4. The van der Waals surface area contributed by atoms with Crippen LogP contribution in [0, 0.1) is 5.41 Å². The third-order valence-electron chi connectivity index (χ3n) is 6.87. The van der Waals surface area contributed by atoms with Gasteiger partial charge in [0.15, 0.2) is 5.78 Å². The Labute approximate surface area is 207 Å². The van der Waals surface area contributed by atoms with E-state index in [4.69, 9.17) is 0 Å². The lowest BCUT2D eigenvalue weighted by Gasteiger charge is -2.37. The lowest BCUT2D eigenvalue weighted by Crippen LogP contribution is -2.39. The number of ketones is 1. The van der Waals surface area contributed by atoms with Crippen molar-refractivity contribution in [1.82, 2.24) is 0 Å². The van der Waals surface area contributed by atoms with Crippen molar-refractivity contribution in [3.05, 3.63) is 101 Å². The molecule has 5 nitrogen and oxygen atoms in total. The van der Waals surface area contributed by atoms with Crippen LogP contribution in [-0.2, 0) is 4.79 Å². The van der Waals surface area contributed by atoms with Crippen molar-refractivity contribution < 1.29 is 9.59 Å². The first kappa shape index (κ1) is 22.9. The van der Waals surface area contributed by atoms with Gasteiger partial charge in [-0.2, -0.15) is 0 Å². The van der Waals surface area contributed by atoms with E-state index >= 15 is 0 Å². The number of anilines is 3. The normalized spacial score (nSPS) is 18.8. The highest BCUT2D eigenvalue weighted by molar-refractivity contribution is 6.12. The first-order valence-electron chi connectivity index (χ1n) is 12.0. The number of benzene rings is 3. The number of carbonyl (C=O) groups is 2. The number of Topliss-reactive ketones (excluding diaryl/α,β-unsaturated/α-hetero) is 1. The summed E-state index contributed by atoms with van der Waals surface area (Å²) >= 11 is 0. The maximum Gasteiger partial charge on any atom is 0.259 e. The third kappa shape index (κ3) is 4.23. The molecule has 0 radical (unpaired) electrons. The second-order valence-electron chi connectivity index (χ2n) is 10.4. The standard InChI is InChI=1S/C30H31N3O2/c1-30(2)18-24-27(26(34)19-30)28(20-14-16-22(17-15-20)32(3)4)33(25-13-9-8-12-23(25)31-24)29(35)21-10-6-5-7-11-21/h5-17,28,31H,18-19H2,1-4H3/t28-/m0/s1. The molecule has 1 aliphatic carbocycles. The number of amides is 1. The van der Waals surface area contributed by atoms with Gasteiger partial charge in [-0.1, -0.05) is 56.3 Å². The van der Waals surface area contributed by atoms with E-state index in [9.17, 15) is 9.59 Å². The van der Waals surface area contributed by atoms with Gasteiger partial charge in [0.2, 0.25) is 0 Å². The van der Waals surface area contributed by atoms with Gasteiger partial charge in [0.25, 0.3) is 5.91 Å². The Kier molecular flexibility index (Phi) is 5.72. The predicted molar refractivity (Wildman–Crippen MR) is 142 cm³/mol. The van der Waals surface area contributed by atoms with Crippen LogP contribution in [0.3, 0.4) is 0 Å². The molecule has 0 aromatic heterocycles. The fourth-order valence-corrected chi connectivity index (χ4v) is 5.20. The molecule has 3 aromatic carbocycles. The van der Waals surface area contributed by atoms with Crippen molar-refractivity contribution in [3.63, 3.8) is 0 Å². The zero-order valence-corrected chi connectivity index (χ0v) is 20.7. The fraction of sp³-hybridized carbons (Fsp3) is 0.267. The molecule has 0 saturated carbocycles. The summed E-state index contributed by atoms with van der Waals surface area (Å²) in [6, 6.07) is 24.8. The number of fused-ring (bicyclic) bond motifs is 1. The highest BCUT2D eigenvalue weighted by Crippen LogP contribution is 2.48. The van der Waals surface area contributed by atoms with Crippen molar-refractivity contribution in [2.45, 2.75) is 32.7 Å². The molecule has 1 N–H and O–H groups in total. The number of para-hydroxylation sites is 2. The first-order chi connectivity index (χ1) is 16.7. The van der Waals surface area contributed by atoms with Gasteiger partial charge in [-0.15, -0.1) is 0 Å². The molecule has 5 heteroatoms. The second kappa shape index (κ2) is 8.73. The Morgan fingerprint density at radius 3 is 2.26 bits per heavy atom. The summed E-state index contributed by atoms with van der Waals surface area (Å²) in [5, 5.41) is 3.57. The number of allylic oxidation sites excluding steroid dienone is 1. The minimum Gasteiger partial charge on any atom is -0.378 e. The third-order valence-corrected chi connectivity index (χ3v) is 6.87. The van der Waals surface area contributed by atoms with Gasteiger partial charge in [0.05, 0.1) is 17.4 Å². The van der Waals surface area contributed by atoms with E-state index in [1.807, 2.05) is 97.9 Å². The molecule has 35 heavy (non-hydrogen) atoms. The van der Waals surface area contributed by atoms with Gasteiger partial charge >= 0.3 is 0 Å². The zero-order chi connectivity index (χ0) is 24.7. The van der Waals surface area contributed by atoms with Crippen molar-refractivity contribution in [3.8, 4) is 0 Å². The van der Waals surface area contributed by atoms with Gasteiger partial charge in [0, 0.05) is 43.0 Å². The Balaban J connectivity index is 1.77. The summed E-state index contributed by atoms with van der Waals surface area (Å²) in [5.74, 6) is -0.0444. The molecule has 178 valence electrons. The van der Waals surface area contributed by atoms with Crippen LogP contribution in [0.2, 0.25) is 0 Å². The monoisotopic (exact) mass is 465 g/mol. The van der Waals surface area contributed by atoms with E-state index in [0.29, 0.717) is 17.6 Å². The van der Waals surface area contributed by atoms with E-state index in [1.165, 1.54) is 0 Å². The highest BCUT2D eigenvalue weighted by Gasteiger charge is 2.43. The molecular formula is C30H31N3O2. The average molecular weight is 466 g/mol. The van der Waals surface area contributed by atoms with Crippen LogP contribution in [0.25, 0.3) is 0 Å². The second-order valence-corrected chi connectivity index (χ2v) is 10.4. The maximum atomic E-state index is 14.1. The first-order valence-corrected chi connectivity index (χ1v) is 12.0. The number of nitrogens with zero attached hydrogens (tertiary/aromatic N) is 2. The molecule has 1 heterocycles. The van der Waals surface area contributed by atoms with E-state index in [1.54, 1.807) is 4.90 Å². The number of hydrogen-bond donors (Lipinski definition) is 1. The molecule has 1 aliphatic heterocycles. The molecule has 0 saturated heterocycles. The quantitative estimate of drug-likeness (QED) is 0.500. The lowest BCUT2D eigenvalue weighted by molar-refractivity contribution is -0.118. The number of nitrogens with one attached hydrogen (secondary N) is 1. The van der Waals surface area contributed by atoms with Crippen LogP contribution in [0.5, 0.6) is 0 Å². The Morgan fingerprint density at radius 2 is 1.57 bits per heavy atom. The van der Waals surface area contributed by atoms with Gasteiger partial charge in [0.1, 0.15) is 0 Å². The van der Waals surface area contributed by atoms with Crippen molar-refractivity contribution >= 4 is 28.8 Å². The minimum atomic E-state index is -0.534. The molecule has 1 amide bonds. The number of carbonyl (C=O) groups excluding carboxylic acids is 2. The van der Waals surface area contributed by atoms with E-state index in [2.05, 4.69) is 19.2 Å². The van der Waals surface area contributed by atoms with Crippen LogP contribution in [0.1, 0.15) is 48.7 Å². The molecular weight excluding hydrogens is 434 g/mol. The highest BCUT2D eigenvalue weighted by atomic mass is 16.2. The summed E-state index contributed by atoms with van der Waals surface area (Å²) < 4.78 is 0. The fourth-order valence-electron chi connectivity index (χ4n) is 5.20. The largest absolute Gasteiger partial charge is 0.378 e. The van der Waals surface area contributed by atoms with Crippen molar-refractivity contribution in [2.24, 2.45) is 5.41 Å². The average Bonchev–Trinajstić information content (AvgIpc) is 2.97. The molecule has 0 fully saturated rings. The van der Waals surface area contributed by atoms with Crippen LogP contribution in [0.4, 0.5) is 17.1 Å². The summed E-state index contributed by atoms with van der Waals surface area (Å²) in [5.41, 5.74) is 5.60. The van der Waals surface area contributed by atoms with Crippen molar-refractivity contribution in [1.29, 1.82) is 0 Å². The van der Waals surface area contributed by atoms with Crippen LogP contribution < -0.4 is 15.1 Å². The van der Waals surface area contributed by atoms with E-state index < -0.39 is 6.04 Å². The SMILES string of the molecule is CN(C)c1ccc([C@H]2C3=C(CC(C)(C)CC3=O)Nc3ccccc3N2C(=O)c2ccccc2)cc1. The molecule has 2 aliphatic rings. The summed E-state index contributed by atoms with van der Waals surface area (Å²) in [7, 11) is 4.00. The topological polar surface area (TPSA) is 52.7 Å². The smallest absolute Gasteiger partial charge is 0.259 e. The van der Waals surface area contributed by atoms with E-state index in [0.717, 1.165) is 34.7 Å². The van der Waals surface area contributed by atoms with Gasteiger partial charge in [-0.3, -0.25) is 14.5 Å². The van der Waals surface area contributed by atoms with E-state index in [-0.39, 0.29) is 17.1 Å². The minimum absolute atomic E-state index is 0.0871. The molecule has 0 bridgehead atoms. The molecule has 0 unspecified atom stereocenters. The maximum absolute atomic E-state index is 14.1. The number of rotatable bonds is 3. The van der Waals surface area contributed by atoms with Crippen LogP contribution in [-0.4, -0.2) is 25.8 Å². The van der Waals surface area contributed by atoms with Crippen molar-refractivity contribution in [2.75, 3.05) is 29.2 Å². The molecule has 5 rings (SSSR count). The summed E-state index contributed by atoms with van der Waals surface area (Å²) in [6.07, 6.45) is 1.19. The van der Waals surface area contributed by atoms with Gasteiger partial charge < -0.3 is 10.2 Å².